The molecule has 2 aromatic heterocycles. The number of nitrogens with zero attached hydrogens (tertiary/aromatic N) is 3. The van der Waals surface area contributed by atoms with Gasteiger partial charge in [-0.2, -0.15) is 0 Å². The lowest BCUT2D eigenvalue weighted by Gasteiger charge is -2.15. The van der Waals surface area contributed by atoms with E-state index in [-0.39, 0.29) is 12.0 Å². The highest BCUT2D eigenvalue weighted by atomic mass is 16.3. The van der Waals surface area contributed by atoms with Crippen LogP contribution in [-0.4, -0.2) is 44.5 Å². The van der Waals surface area contributed by atoms with Gasteiger partial charge in [-0.25, -0.2) is 4.98 Å². The molecule has 0 unspecified atom stereocenters. The first kappa shape index (κ1) is 10.3. The summed E-state index contributed by atoms with van der Waals surface area (Å²) in [6.07, 6.45) is 5.53. The monoisotopic (exact) mass is 231 g/mol. The molecular formula is C12H13N3O2. The van der Waals surface area contributed by atoms with Crippen molar-refractivity contribution < 1.29 is 9.90 Å². The van der Waals surface area contributed by atoms with Gasteiger partial charge >= 0.3 is 0 Å². The van der Waals surface area contributed by atoms with Gasteiger partial charge in [0.25, 0.3) is 5.91 Å². The molecule has 1 saturated heterocycles. The van der Waals surface area contributed by atoms with Gasteiger partial charge in [-0.3, -0.25) is 4.79 Å². The van der Waals surface area contributed by atoms with Gasteiger partial charge in [0.1, 0.15) is 0 Å². The number of rotatable bonds is 1. The summed E-state index contributed by atoms with van der Waals surface area (Å²) in [5, 5.41) is 9.43. The molecule has 2 aromatic rings. The highest BCUT2D eigenvalue weighted by molar-refractivity contribution is 5.95. The Morgan fingerprint density at radius 1 is 1.53 bits per heavy atom. The highest BCUT2D eigenvalue weighted by Crippen LogP contribution is 2.14. The van der Waals surface area contributed by atoms with Crippen LogP contribution in [0.3, 0.4) is 0 Å². The van der Waals surface area contributed by atoms with E-state index in [1.54, 1.807) is 23.5 Å². The molecule has 17 heavy (non-hydrogen) atoms. The molecule has 1 fully saturated rings. The maximum absolute atomic E-state index is 12.1. The fraction of sp³-hybridized carbons (Fsp3) is 0.333. The van der Waals surface area contributed by atoms with Gasteiger partial charge in [-0.1, -0.05) is 0 Å². The average molecular weight is 231 g/mol. The Morgan fingerprint density at radius 3 is 3.18 bits per heavy atom. The van der Waals surface area contributed by atoms with E-state index in [1.165, 1.54) is 0 Å². The SMILES string of the molecule is O=C(c1ccn2cncc2c1)N1CC[C@H](O)C1. The molecule has 5 nitrogen and oxygen atoms in total. The van der Waals surface area contributed by atoms with E-state index in [0.717, 1.165) is 5.52 Å². The molecule has 88 valence electrons. The molecule has 1 aliphatic rings. The van der Waals surface area contributed by atoms with E-state index in [2.05, 4.69) is 4.98 Å². The third kappa shape index (κ3) is 1.78. The van der Waals surface area contributed by atoms with Crippen molar-refractivity contribution in [1.82, 2.24) is 14.3 Å². The minimum atomic E-state index is -0.377. The second-order valence-corrected chi connectivity index (χ2v) is 4.33. The lowest BCUT2D eigenvalue weighted by atomic mass is 10.2. The van der Waals surface area contributed by atoms with Crippen molar-refractivity contribution in [2.75, 3.05) is 13.1 Å². The number of carbonyl (C=O) groups is 1. The third-order valence-corrected chi connectivity index (χ3v) is 3.11. The van der Waals surface area contributed by atoms with Gasteiger partial charge in [-0.05, 0) is 18.6 Å². The Bertz CT molecular complexity index is 564. The Labute approximate surface area is 98.3 Å². The summed E-state index contributed by atoms with van der Waals surface area (Å²) < 4.78 is 1.86. The van der Waals surface area contributed by atoms with Crippen molar-refractivity contribution in [2.45, 2.75) is 12.5 Å². The van der Waals surface area contributed by atoms with Crippen LogP contribution in [0.5, 0.6) is 0 Å². The van der Waals surface area contributed by atoms with E-state index in [0.29, 0.717) is 25.1 Å². The molecule has 0 saturated carbocycles. The first-order valence-electron chi connectivity index (χ1n) is 5.63. The first-order valence-corrected chi connectivity index (χ1v) is 5.63. The molecule has 1 amide bonds. The van der Waals surface area contributed by atoms with E-state index < -0.39 is 0 Å². The minimum Gasteiger partial charge on any atom is -0.391 e. The van der Waals surface area contributed by atoms with Crippen LogP contribution in [0, 0.1) is 0 Å². The molecule has 3 rings (SSSR count). The third-order valence-electron chi connectivity index (χ3n) is 3.11. The van der Waals surface area contributed by atoms with Gasteiger partial charge in [0.15, 0.2) is 0 Å². The zero-order valence-corrected chi connectivity index (χ0v) is 9.28. The van der Waals surface area contributed by atoms with Crippen molar-refractivity contribution >= 4 is 11.4 Å². The number of fused-ring (bicyclic) bond motifs is 1. The fourth-order valence-electron chi connectivity index (χ4n) is 2.16. The highest BCUT2D eigenvalue weighted by Gasteiger charge is 2.25. The largest absolute Gasteiger partial charge is 0.391 e. The number of likely N-dealkylation sites (tertiary alicyclic amines) is 1. The summed E-state index contributed by atoms with van der Waals surface area (Å²) in [5.41, 5.74) is 1.54. The van der Waals surface area contributed by atoms with Crippen molar-refractivity contribution in [3.05, 3.63) is 36.4 Å². The minimum absolute atomic E-state index is 0.0229. The van der Waals surface area contributed by atoms with E-state index in [4.69, 9.17) is 0 Å². The molecule has 0 aromatic carbocycles. The summed E-state index contributed by atoms with van der Waals surface area (Å²) in [6, 6.07) is 3.60. The van der Waals surface area contributed by atoms with Crippen molar-refractivity contribution in [3.8, 4) is 0 Å². The number of aliphatic hydroxyl groups excluding tert-OH is 1. The second-order valence-electron chi connectivity index (χ2n) is 4.33. The van der Waals surface area contributed by atoms with E-state index >= 15 is 0 Å². The summed E-state index contributed by atoms with van der Waals surface area (Å²) in [6.45, 7) is 1.06. The summed E-state index contributed by atoms with van der Waals surface area (Å²) in [4.78, 5) is 17.8. The van der Waals surface area contributed by atoms with Crippen LogP contribution in [0.15, 0.2) is 30.9 Å². The molecule has 0 radical (unpaired) electrons. The summed E-state index contributed by atoms with van der Waals surface area (Å²) >= 11 is 0. The van der Waals surface area contributed by atoms with Gasteiger partial charge in [0.05, 0.1) is 24.1 Å². The van der Waals surface area contributed by atoms with Gasteiger partial charge < -0.3 is 14.4 Å². The van der Waals surface area contributed by atoms with E-state index in [9.17, 15) is 9.90 Å². The Kier molecular flexibility index (Phi) is 2.33. The van der Waals surface area contributed by atoms with Crippen molar-refractivity contribution in [1.29, 1.82) is 0 Å². The van der Waals surface area contributed by atoms with Crippen molar-refractivity contribution in [3.63, 3.8) is 0 Å². The van der Waals surface area contributed by atoms with Crippen LogP contribution in [0.1, 0.15) is 16.8 Å². The molecule has 0 spiro atoms. The Morgan fingerprint density at radius 2 is 2.41 bits per heavy atom. The van der Waals surface area contributed by atoms with Crippen LogP contribution in [-0.2, 0) is 0 Å². The predicted molar refractivity (Wildman–Crippen MR) is 61.7 cm³/mol. The van der Waals surface area contributed by atoms with Crippen LogP contribution in [0.25, 0.3) is 5.52 Å². The van der Waals surface area contributed by atoms with Crippen LogP contribution >= 0.6 is 0 Å². The topological polar surface area (TPSA) is 57.8 Å². The summed E-state index contributed by atoms with van der Waals surface area (Å²) in [5.74, 6) is -0.0229. The molecule has 5 heteroatoms. The number of hydrogen-bond acceptors (Lipinski definition) is 3. The Balaban J connectivity index is 1.89. The van der Waals surface area contributed by atoms with Gasteiger partial charge in [-0.15, -0.1) is 0 Å². The quantitative estimate of drug-likeness (QED) is 0.779. The average Bonchev–Trinajstić information content (AvgIpc) is 2.95. The molecule has 1 atom stereocenters. The fourth-order valence-corrected chi connectivity index (χ4v) is 2.16. The zero-order chi connectivity index (χ0) is 11.8. The molecule has 1 aliphatic heterocycles. The van der Waals surface area contributed by atoms with Crippen LogP contribution < -0.4 is 0 Å². The number of imidazole rings is 1. The lowest BCUT2D eigenvalue weighted by Crippen LogP contribution is -2.29. The number of pyridine rings is 1. The first-order chi connectivity index (χ1) is 8.24. The maximum Gasteiger partial charge on any atom is 0.254 e. The molecular weight excluding hydrogens is 218 g/mol. The standard InChI is InChI=1S/C12H13N3O2/c16-11-2-4-14(7-11)12(17)9-1-3-15-8-13-6-10(15)5-9/h1,3,5-6,8,11,16H,2,4,7H2/t11-/m0/s1. The number of aromatic nitrogens is 2. The number of amides is 1. The van der Waals surface area contributed by atoms with Gasteiger partial charge in [0, 0.05) is 24.8 Å². The van der Waals surface area contributed by atoms with Gasteiger partial charge in [0.2, 0.25) is 0 Å². The van der Waals surface area contributed by atoms with Crippen LogP contribution in [0.4, 0.5) is 0 Å². The molecule has 1 N–H and O–H groups in total. The zero-order valence-electron chi connectivity index (χ0n) is 9.28. The molecule has 0 aliphatic carbocycles. The Hall–Kier alpha value is -1.88. The number of carbonyl (C=O) groups excluding carboxylic acids is 1. The maximum atomic E-state index is 12.1. The molecule has 0 bridgehead atoms. The van der Waals surface area contributed by atoms with E-state index in [1.807, 2.05) is 16.7 Å². The summed E-state index contributed by atoms with van der Waals surface area (Å²) in [7, 11) is 0. The molecule has 3 heterocycles. The van der Waals surface area contributed by atoms with Crippen molar-refractivity contribution in [2.24, 2.45) is 0 Å². The lowest BCUT2D eigenvalue weighted by molar-refractivity contribution is 0.0765. The number of aliphatic hydroxyl groups is 1. The predicted octanol–water partition coefficient (Wildman–Crippen LogP) is 0.541. The second kappa shape index (κ2) is 3.85. The smallest absolute Gasteiger partial charge is 0.254 e. The number of hydrogen-bond donors (Lipinski definition) is 1. The van der Waals surface area contributed by atoms with Crippen LogP contribution in [0.2, 0.25) is 0 Å². The number of β-amino-alcohol motifs (C(OH)–C–C–N with tert-alkyl or cyclic N) is 1. The normalized spacial score (nSPS) is 20.1.